The average molecular weight is 327 g/mol. The van der Waals surface area contributed by atoms with Crippen LogP contribution in [0.5, 0.6) is 5.75 Å². The zero-order valence-electron chi connectivity index (χ0n) is 13.8. The van der Waals surface area contributed by atoms with E-state index in [1.54, 1.807) is 36.3 Å². The van der Waals surface area contributed by atoms with Crippen molar-refractivity contribution in [1.82, 2.24) is 10.7 Å². The molecule has 6 nitrogen and oxygen atoms in total. The molecule has 24 heavy (non-hydrogen) atoms. The van der Waals surface area contributed by atoms with E-state index in [2.05, 4.69) is 10.7 Å². The van der Waals surface area contributed by atoms with Gasteiger partial charge in [-0.25, -0.2) is 0 Å². The third-order valence-electron chi connectivity index (χ3n) is 3.27. The maximum absolute atomic E-state index is 12.0. The predicted molar refractivity (Wildman–Crippen MR) is 92.9 cm³/mol. The van der Waals surface area contributed by atoms with Crippen molar-refractivity contribution < 1.29 is 14.3 Å². The van der Waals surface area contributed by atoms with E-state index in [1.807, 2.05) is 37.3 Å². The van der Waals surface area contributed by atoms with Crippen molar-refractivity contribution in [2.75, 3.05) is 25.2 Å². The van der Waals surface area contributed by atoms with Gasteiger partial charge in [0.2, 0.25) is 0 Å². The number of hydrazine groups is 1. The number of hydrogen-bond donors (Lipinski definition) is 2. The number of para-hydroxylation sites is 1. The molecule has 126 valence electrons. The fraction of sp³-hybridized carbons (Fsp3) is 0.222. The predicted octanol–water partition coefficient (Wildman–Crippen LogP) is 1.98. The van der Waals surface area contributed by atoms with Crippen molar-refractivity contribution in [3.63, 3.8) is 0 Å². The van der Waals surface area contributed by atoms with Crippen LogP contribution in [0.1, 0.15) is 17.3 Å². The highest BCUT2D eigenvalue weighted by Gasteiger charge is 2.10. The molecule has 2 amide bonds. The number of benzene rings is 2. The zero-order chi connectivity index (χ0) is 17.4. The molecular weight excluding hydrogens is 306 g/mol. The summed E-state index contributed by atoms with van der Waals surface area (Å²) in [6.07, 6.45) is 0. The number of anilines is 1. The Morgan fingerprint density at radius 3 is 2.33 bits per heavy atom. The van der Waals surface area contributed by atoms with Crippen molar-refractivity contribution in [3.8, 4) is 5.75 Å². The molecule has 0 bridgehead atoms. The normalized spacial score (nSPS) is 9.92. The second-order valence-electron chi connectivity index (χ2n) is 5.07. The van der Waals surface area contributed by atoms with E-state index in [-0.39, 0.29) is 18.4 Å². The number of carbonyl (C=O) groups is 2. The van der Waals surface area contributed by atoms with Gasteiger partial charge in [-0.1, -0.05) is 18.2 Å². The molecule has 0 saturated heterocycles. The van der Waals surface area contributed by atoms with Crippen molar-refractivity contribution >= 4 is 17.5 Å². The summed E-state index contributed by atoms with van der Waals surface area (Å²) in [4.78, 5) is 23.9. The first-order valence-electron chi connectivity index (χ1n) is 7.69. The van der Waals surface area contributed by atoms with Crippen LogP contribution in [0, 0.1) is 0 Å². The quantitative estimate of drug-likeness (QED) is 0.763. The monoisotopic (exact) mass is 327 g/mol. The summed E-state index contributed by atoms with van der Waals surface area (Å²) < 4.78 is 5.32. The van der Waals surface area contributed by atoms with Crippen LogP contribution in [-0.2, 0) is 4.79 Å². The summed E-state index contributed by atoms with van der Waals surface area (Å²) in [5.74, 6) is 0.0903. The van der Waals surface area contributed by atoms with E-state index in [4.69, 9.17) is 4.74 Å². The molecule has 0 fully saturated rings. The fourth-order valence-electron chi connectivity index (χ4n) is 2.07. The lowest BCUT2D eigenvalue weighted by atomic mass is 10.2. The molecule has 0 spiro atoms. The minimum absolute atomic E-state index is 0.108. The lowest BCUT2D eigenvalue weighted by Gasteiger charge is -2.20. The first-order chi connectivity index (χ1) is 11.6. The van der Waals surface area contributed by atoms with Gasteiger partial charge in [-0.3, -0.25) is 20.0 Å². The molecule has 2 N–H and O–H groups in total. The van der Waals surface area contributed by atoms with Gasteiger partial charge in [0, 0.05) is 12.6 Å². The Bertz CT molecular complexity index is 672. The van der Waals surface area contributed by atoms with Gasteiger partial charge in [0.15, 0.2) is 0 Å². The van der Waals surface area contributed by atoms with Crippen LogP contribution in [0.25, 0.3) is 0 Å². The highest BCUT2D eigenvalue weighted by Crippen LogP contribution is 2.12. The van der Waals surface area contributed by atoms with Gasteiger partial charge in [-0.05, 0) is 43.3 Å². The molecule has 0 radical (unpaired) electrons. The molecule has 0 unspecified atom stereocenters. The third-order valence-corrected chi connectivity index (χ3v) is 3.27. The van der Waals surface area contributed by atoms with Gasteiger partial charge in [0.05, 0.1) is 18.8 Å². The Labute approximate surface area is 141 Å². The molecule has 6 heteroatoms. The highest BCUT2D eigenvalue weighted by atomic mass is 16.5. The number of rotatable bonds is 7. The van der Waals surface area contributed by atoms with Crippen LogP contribution in [-0.4, -0.2) is 32.0 Å². The van der Waals surface area contributed by atoms with Gasteiger partial charge in [0.1, 0.15) is 5.75 Å². The van der Waals surface area contributed by atoms with Gasteiger partial charge in [-0.15, -0.1) is 0 Å². The van der Waals surface area contributed by atoms with E-state index in [0.717, 1.165) is 5.69 Å². The average Bonchev–Trinajstić information content (AvgIpc) is 2.61. The lowest BCUT2D eigenvalue weighted by Crippen LogP contribution is -2.45. The molecule has 0 aliphatic heterocycles. The molecule has 0 aliphatic carbocycles. The van der Waals surface area contributed by atoms with Gasteiger partial charge >= 0.3 is 0 Å². The fourth-order valence-corrected chi connectivity index (χ4v) is 2.07. The molecule has 2 aromatic rings. The number of amides is 2. The molecule has 2 rings (SSSR count). The maximum atomic E-state index is 12.0. The van der Waals surface area contributed by atoms with E-state index < -0.39 is 0 Å². The highest BCUT2D eigenvalue weighted by molar-refractivity contribution is 5.96. The van der Waals surface area contributed by atoms with Crippen LogP contribution in [0.2, 0.25) is 0 Å². The van der Waals surface area contributed by atoms with Gasteiger partial charge in [-0.2, -0.15) is 0 Å². The van der Waals surface area contributed by atoms with Crippen LogP contribution >= 0.6 is 0 Å². The van der Waals surface area contributed by atoms with Gasteiger partial charge in [0.25, 0.3) is 11.8 Å². The maximum Gasteiger partial charge on any atom is 0.257 e. The van der Waals surface area contributed by atoms with E-state index in [9.17, 15) is 9.59 Å². The molecule has 0 saturated carbocycles. The zero-order valence-corrected chi connectivity index (χ0v) is 13.8. The Morgan fingerprint density at radius 1 is 1.04 bits per heavy atom. The topological polar surface area (TPSA) is 70.7 Å². The lowest BCUT2D eigenvalue weighted by molar-refractivity contribution is -0.120. The number of carbonyl (C=O) groups excluding carboxylic acids is 2. The van der Waals surface area contributed by atoms with Crippen LogP contribution < -0.4 is 20.5 Å². The molecule has 0 atom stereocenters. The number of nitrogens with one attached hydrogen (secondary N) is 2. The van der Waals surface area contributed by atoms with Crippen molar-refractivity contribution in [1.29, 1.82) is 0 Å². The summed E-state index contributed by atoms with van der Waals surface area (Å²) >= 11 is 0. The van der Waals surface area contributed by atoms with Crippen molar-refractivity contribution in [2.24, 2.45) is 0 Å². The molecule has 0 aromatic heterocycles. The Balaban J connectivity index is 1.81. The molecule has 0 aliphatic rings. The smallest absolute Gasteiger partial charge is 0.257 e. The summed E-state index contributed by atoms with van der Waals surface area (Å²) in [5, 5.41) is 4.19. The Kier molecular flexibility index (Phi) is 6.19. The Morgan fingerprint density at radius 2 is 1.71 bits per heavy atom. The number of ether oxygens (including phenoxy) is 1. The summed E-state index contributed by atoms with van der Waals surface area (Å²) in [7, 11) is 1.74. The van der Waals surface area contributed by atoms with E-state index in [1.165, 1.54) is 0 Å². The Hall–Kier alpha value is -3.02. The van der Waals surface area contributed by atoms with Crippen molar-refractivity contribution in [3.05, 3.63) is 60.2 Å². The number of nitrogens with zero attached hydrogens (tertiary/aromatic N) is 1. The van der Waals surface area contributed by atoms with Gasteiger partial charge < -0.3 is 10.1 Å². The van der Waals surface area contributed by atoms with E-state index >= 15 is 0 Å². The van der Waals surface area contributed by atoms with Crippen molar-refractivity contribution in [2.45, 2.75) is 6.92 Å². The molecule has 2 aromatic carbocycles. The molecule has 0 heterocycles. The second kappa shape index (κ2) is 8.57. The largest absolute Gasteiger partial charge is 0.494 e. The molecular formula is C18H21N3O3. The third kappa shape index (κ3) is 5.01. The van der Waals surface area contributed by atoms with Crippen LogP contribution in [0.15, 0.2) is 54.6 Å². The van der Waals surface area contributed by atoms with E-state index in [0.29, 0.717) is 17.9 Å². The standard InChI is InChI=1S/C18H21N3O3/c1-3-24-16-11-9-14(10-12-16)18(23)19-13-17(22)20-21(2)15-7-5-4-6-8-15/h4-12H,3,13H2,1-2H3,(H,19,23)(H,20,22). The minimum atomic E-state index is -0.310. The summed E-state index contributed by atoms with van der Waals surface area (Å²) in [5.41, 5.74) is 4.01. The SMILES string of the molecule is CCOc1ccc(C(=O)NCC(=O)NN(C)c2ccccc2)cc1. The van der Waals surface area contributed by atoms with Crippen LogP contribution in [0.3, 0.4) is 0 Å². The summed E-state index contributed by atoms with van der Waals surface area (Å²) in [6, 6.07) is 16.2. The number of hydrogen-bond acceptors (Lipinski definition) is 4. The first-order valence-corrected chi connectivity index (χ1v) is 7.69. The summed E-state index contributed by atoms with van der Waals surface area (Å²) in [6.45, 7) is 2.36. The first kappa shape index (κ1) is 17.3. The van der Waals surface area contributed by atoms with Crippen LogP contribution in [0.4, 0.5) is 5.69 Å². The minimum Gasteiger partial charge on any atom is -0.494 e. The second-order valence-corrected chi connectivity index (χ2v) is 5.07.